The molecule has 0 amide bonds. The van der Waals surface area contributed by atoms with Gasteiger partial charge in [0, 0.05) is 37.4 Å². The summed E-state index contributed by atoms with van der Waals surface area (Å²) in [5, 5.41) is 22.4. The fraction of sp³-hybridized carbons (Fsp3) is 0.310. The highest BCUT2D eigenvalue weighted by atomic mass is 16.5. The zero-order valence-electron chi connectivity index (χ0n) is 20.0. The van der Waals surface area contributed by atoms with Crippen molar-refractivity contribution >= 4 is 23.0 Å². The molecule has 1 heterocycles. The van der Waals surface area contributed by atoms with Crippen LogP contribution >= 0.6 is 0 Å². The molecule has 0 saturated carbocycles. The van der Waals surface area contributed by atoms with Crippen molar-refractivity contribution in [2.24, 2.45) is 0 Å². The maximum atomic E-state index is 11.8. The number of carbonyl (C=O) groups is 1. The topological polar surface area (TPSA) is 85.6 Å². The summed E-state index contributed by atoms with van der Waals surface area (Å²) < 4.78 is 5.59. The van der Waals surface area contributed by atoms with Crippen LogP contribution < -0.4 is 10.2 Å². The summed E-state index contributed by atoms with van der Waals surface area (Å²) in [4.78, 5) is 14.2. The highest BCUT2D eigenvalue weighted by molar-refractivity contribution is 5.77. The van der Waals surface area contributed by atoms with Crippen LogP contribution in [0, 0.1) is 11.3 Å². The summed E-state index contributed by atoms with van der Waals surface area (Å²) in [7, 11) is 0. The molecule has 6 nitrogen and oxygen atoms in total. The number of benzene rings is 3. The Morgan fingerprint density at radius 1 is 1.09 bits per heavy atom. The number of carboxylic acids is 1. The van der Waals surface area contributed by atoms with Gasteiger partial charge < -0.3 is 20.1 Å². The van der Waals surface area contributed by atoms with E-state index in [0.717, 1.165) is 60.8 Å². The second-order valence-electron chi connectivity index (χ2n) is 8.78. The van der Waals surface area contributed by atoms with Crippen LogP contribution in [0.2, 0.25) is 0 Å². The van der Waals surface area contributed by atoms with Crippen LogP contribution in [-0.2, 0) is 9.53 Å². The molecule has 35 heavy (non-hydrogen) atoms. The van der Waals surface area contributed by atoms with E-state index < -0.39 is 5.97 Å². The number of nitrogens with zero attached hydrogens (tertiary/aromatic N) is 2. The third-order valence-corrected chi connectivity index (χ3v) is 6.58. The molecule has 180 valence electrons. The summed E-state index contributed by atoms with van der Waals surface area (Å²) in [5.41, 5.74) is 5.40. The SMILES string of the molecule is CCN(c1ccc(C(CC(=O)O)c2ccccc2)cc1Nc1ccc(C#N)cc1)C1CCOCC1. The Morgan fingerprint density at radius 2 is 1.80 bits per heavy atom. The maximum absolute atomic E-state index is 11.8. The van der Waals surface area contributed by atoms with Crippen LogP contribution in [0.4, 0.5) is 17.1 Å². The second kappa shape index (κ2) is 11.5. The van der Waals surface area contributed by atoms with Crippen molar-refractivity contribution in [1.82, 2.24) is 0 Å². The lowest BCUT2D eigenvalue weighted by Gasteiger charge is -2.37. The average molecular weight is 470 g/mol. The van der Waals surface area contributed by atoms with Crippen LogP contribution in [0.1, 0.15) is 48.8 Å². The van der Waals surface area contributed by atoms with Gasteiger partial charge in [-0.15, -0.1) is 0 Å². The van der Waals surface area contributed by atoms with Gasteiger partial charge in [-0.3, -0.25) is 4.79 Å². The van der Waals surface area contributed by atoms with E-state index in [1.54, 1.807) is 12.1 Å². The van der Waals surface area contributed by atoms with E-state index in [1.165, 1.54) is 0 Å². The molecule has 0 aliphatic carbocycles. The van der Waals surface area contributed by atoms with Crippen molar-refractivity contribution in [3.05, 3.63) is 89.5 Å². The number of anilines is 3. The Hall–Kier alpha value is -3.82. The molecule has 1 aliphatic rings. The van der Waals surface area contributed by atoms with Gasteiger partial charge in [0.1, 0.15) is 0 Å². The normalized spacial score (nSPS) is 14.6. The van der Waals surface area contributed by atoms with E-state index in [9.17, 15) is 9.90 Å². The number of nitrogens with one attached hydrogen (secondary N) is 1. The number of hydrogen-bond acceptors (Lipinski definition) is 5. The Kier molecular flexibility index (Phi) is 8.02. The van der Waals surface area contributed by atoms with E-state index >= 15 is 0 Å². The fourth-order valence-corrected chi connectivity index (χ4v) is 4.81. The highest BCUT2D eigenvalue weighted by Gasteiger charge is 2.25. The van der Waals surface area contributed by atoms with Crippen LogP contribution in [0.25, 0.3) is 0 Å². The molecule has 1 saturated heterocycles. The van der Waals surface area contributed by atoms with E-state index in [4.69, 9.17) is 10.00 Å². The van der Waals surface area contributed by atoms with Crippen molar-refractivity contribution in [2.45, 2.75) is 38.1 Å². The van der Waals surface area contributed by atoms with Gasteiger partial charge in [0.25, 0.3) is 0 Å². The van der Waals surface area contributed by atoms with E-state index in [0.29, 0.717) is 11.6 Å². The van der Waals surface area contributed by atoms with Crippen molar-refractivity contribution in [3.63, 3.8) is 0 Å². The van der Waals surface area contributed by atoms with E-state index in [2.05, 4.69) is 41.4 Å². The predicted octanol–water partition coefficient (Wildman–Crippen LogP) is 5.91. The first-order chi connectivity index (χ1) is 17.1. The molecule has 1 unspecified atom stereocenters. The van der Waals surface area contributed by atoms with Crippen LogP contribution in [-0.4, -0.2) is 36.9 Å². The van der Waals surface area contributed by atoms with Crippen LogP contribution in [0.5, 0.6) is 0 Å². The van der Waals surface area contributed by atoms with Gasteiger partial charge in [0.2, 0.25) is 0 Å². The molecule has 0 spiro atoms. The molecule has 0 radical (unpaired) electrons. The lowest BCUT2D eigenvalue weighted by molar-refractivity contribution is -0.137. The lowest BCUT2D eigenvalue weighted by atomic mass is 9.88. The van der Waals surface area contributed by atoms with Gasteiger partial charge >= 0.3 is 5.97 Å². The molecule has 0 bridgehead atoms. The molecular weight excluding hydrogens is 438 g/mol. The first kappa shape index (κ1) is 24.3. The monoisotopic (exact) mass is 469 g/mol. The molecule has 3 aromatic rings. The predicted molar refractivity (Wildman–Crippen MR) is 138 cm³/mol. The largest absolute Gasteiger partial charge is 0.481 e. The zero-order chi connectivity index (χ0) is 24.6. The zero-order valence-corrected chi connectivity index (χ0v) is 20.0. The number of carboxylic acid groups (broad SMARTS) is 1. The number of hydrogen-bond donors (Lipinski definition) is 2. The van der Waals surface area contributed by atoms with Crippen molar-refractivity contribution in [3.8, 4) is 6.07 Å². The number of aliphatic carboxylic acids is 1. The number of nitriles is 1. The van der Waals surface area contributed by atoms with Gasteiger partial charge in [-0.2, -0.15) is 5.26 Å². The van der Waals surface area contributed by atoms with Gasteiger partial charge in [-0.1, -0.05) is 36.4 Å². The van der Waals surface area contributed by atoms with Gasteiger partial charge in [-0.05, 0) is 67.3 Å². The van der Waals surface area contributed by atoms with Gasteiger partial charge in [-0.25, -0.2) is 0 Å². The van der Waals surface area contributed by atoms with E-state index in [1.807, 2.05) is 42.5 Å². The van der Waals surface area contributed by atoms with Gasteiger partial charge in [0.15, 0.2) is 0 Å². The fourth-order valence-electron chi connectivity index (χ4n) is 4.81. The Bertz CT molecular complexity index is 1170. The minimum Gasteiger partial charge on any atom is -0.481 e. The highest BCUT2D eigenvalue weighted by Crippen LogP contribution is 2.37. The first-order valence-corrected chi connectivity index (χ1v) is 12.1. The third kappa shape index (κ3) is 6.00. The molecule has 1 atom stereocenters. The summed E-state index contributed by atoms with van der Waals surface area (Å²) in [6, 6.07) is 25.9. The van der Waals surface area contributed by atoms with Crippen molar-refractivity contribution in [1.29, 1.82) is 5.26 Å². The van der Waals surface area contributed by atoms with E-state index in [-0.39, 0.29) is 12.3 Å². The van der Waals surface area contributed by atoms with Crippen molar-refractivity contribution < 1.29 is 14.6 Å². The maximum Gasteiger partial charge on any atom is 0.304 e. The second-order valence-corrected chi connectivity index (χ2v) is 8.78. The Balaban J connectivity index is 1.76. The number of ether oxygens (including phenoxy) is 1. The standard InChI is InChI=1S/C29H31N3O3/c1-2-32(25-14-16-35-17-15-25)28-13-10-23(26(19-29(33)34)22-6-4-3-5-7-22)18-27(28)31-24-11-8-21(20-30)9-12-24/h3-13,18,25-26,31H,2,14-17,19H2,1H3,(H,33,34). The first-order valence-electron chi connectivity index (χ1n) is 12.1. The summed E-state index contributed by atoms with van der Waals surface area (Å²) >= 11 is 0. The van der Waals surface area contributed by atoms with Crippen LogP contribution in [0.3, 0.4) is 0 Å². The molecule has 1 fully saturated rings. The molecule has 2 N–H and O–H groups in total. The Labute approximate surface area is 206 Å². The molecule has 0 aromatic heterocycles. The molecule has 4 rings (SSSR count). The summed E-state index contributed by atoms with van der Waals surface area (Å²) in [6.07, 6.45) is 1.95. The number of rotatable bonds is 9. The summed E-state index contributed by atoms with van der Waals surface area (Å²) in [6.45, 7) is 4.52. The summed E-state index contributed by atoms with van der Waals surface area (Å²) in [5.74, 6) is -1.09. The molecular formula is C29H31N3O3. The van der Waals surface area contributed by atoms with Crippen LogP contribution in [0.15, 0.2) is 72.8 Å². The van der Waals surface area contributed by atoms with Gasteiger partial charge in [0.05, 0.1) is 29.4 Å². The minimum atomic E-state index is -0.832. The minimum absolute atomic E-state index is 0.0110. The lowest BCUT2D eigenvalue weighted by Crippen LogP contribution is -2.39. The quantitative estimate of drug-likeness (QED) is 0.405. The molecule has 6 heteroatoms. The third-order valence-electron chi connectivity index (χ3n) is 6.58. The molecule has 3 aromatic carbocycles. The molecule has 1 aliphatic heterocycles. The average Bonchev–Trinajstić information content (AvgIpc) is 2.90. The smallest absolute Gasteiger partial charge is 0.304 e. The Morgan fingerprint density at radius 3 is 2.43 bits per heavy atom. The van der Waals surface area contributed by atoms with Crippen molar-refractivity contribution in [2.75, 3.05) is 30.0 Å².